The van der Waals surface area contributed by atoms with Crippen molar-refractivity contribution in [2.24, 2.45) is 0 Å². The first-order valence-electron chi connectivity index (χ1n) is 11.3. The number of carbonyl (C=O) groups is 1. The van der Waals surface area contributed by atoms with Crippen molar-refractivity contribution in [2.45, 2.75) is 18.4 Å². The number of rotatable bonds is 5. The van der Waals surface area contributed by atoms with Gasteiger partial charge in [0.25, 0.3) is 0 Å². The fraction of sp³-hybridized carbons (Fsp3) is 0.115. The third-order valence-electron chi connectivity index (χ3n) is 5.93. The van der Waals surface area contributed by atoms with Crippen LogP contribution in [0.25, 0.3) is 34.0 Å². The minimum Gasteiger partial charge on any atom is -0.479 e. The SMILES string of the molecule is O=C(O)C(c1ccc(-c2ccc(C(F)(F)F)cc2C(F)(F)F)nn1)n1ccc2nc(-c3ccccc3F)nc-2c1. The van der Waals surface area contributed by atoms with Gasteiger partial charge in [0.15, 0.2) is 11.9 Å². The highest BCUT2D eigenvalue weighted by molar-refractivity contribution is 5.76. The summed E-state index contributed by atoms with van der Waals surface area (Å²) >= 11 is 0. The molecule has 0 aliphatic carbocycles. The number of hydrogen-bond donors (Lipinski definition) is 1. The molecule has 1 atom stereocenters. The van der Waals surface area contributed by atoms with Gasteiger partial charge in [-0.15, -0.1) is 0 Å². The van der Waals surface area contributed by atoms with Crippen LogP contribution in [-0.2, 0) is 17.1 Å². The molecule has 14 heteroatoms. The number of benzene rings is 2. The smallest absolute Gasteiger partial charge is 0.417 e. The van der Waals surface area contributed by atoms with Gasteiger partial charge in [0.05, 0.1) is 33.8 Å². The van der Waals surface area contributed by atoms with Crippen molar-refractivity contribution in [2.75, 3.05) is 0 Å². The van der Waals surface area contributed by atoms with E-state index >= 15 is 0 Å². The molecule has 0 amide bonds. The van der Waals surface area contributed by atoms with E-state index in [0.29, 0.717) is 17.8 Å². The molecule has 1 aromatic heterocycles. The first-order chi connectivity index (χ1) is 18.8. The van der Waals surface area contributed by atoms with E-state index in [-0.39, 0.29) is 28.8 Å². The Morgan fingerprint density at radius 1 is 0.800 bits per heavy atom. The number of imidazole rings is 1. The molecule has 204 valence electrons. The van der Waals surface area contributed by atoms with E-state index in [4.69, 9.17) is 0 Å². The van der Waals surface area contributed by atoms with E-state index in [0.717, 1.165) is 12.1 Å². The Kier molecular flexibility index (Phi) is 6.48. The molecule has 0 bridgehead atoms. The summed E-state index contributed by atoms with van der Waals surface area (Å²) in [5.74, 6) is -1.86. The van der Waals surface area contributed by atoms with Crippen molar-refractivity contribution in [1.82, 2.24) is 24.7 Å². The molecule has 7 nitrogen and oxygen atoms in total. The lowest BCUT2D eigenvalue weighted by molar-refractivity contribution is -0.143. The van der Waals surface area contributed by atoms with Crippen LogP contribution in [-0.4, -0.2) is 35.8 Å². The molecule has 1 unspecified atom stereocenters. The van der Waals surface area contributed by atoms with Gasteiger partial charge in [-0.2, -0.15) is 36.5 Å². The molecule has 1 N–H and O–H groups in total. The number of nitrogens with zero attached hydrogens (tertiary/aromatic N) is 5. The van der Waals surface area contributed by atoms with Crippen molar-refractivity contribution in [3.05, 3.63) is 95.7 Å². The summed E-state index contributed by atoms with van der Waals surface area (Å²) in [6.45, 7) is 0. The van der Waals surface area contributed by atoms with Crippen LogP contribution in [0, 0.1) is 5.82 Å². The second kappa shape index (κ2) is 9.70. The van der Waals surface area contributed by atoms with Crippen molar-refractivity contribution in [1.29, 1.82) is 0 Å². The lowest BCUT2D eigenvalue weighted by Crippen LogP contribution is -2.22. The van der Waals surface area contributed by atoms with E-state index in [9.17, 15) is 40.6 Å². The van der Waals surface area contributed by atoms with Crippen LogP contribution in [0.1, 0.15) is 22.9 Å². The van der Waals surface area contributed by atoms with Gasteiger partial charge >= 0.3 is 18.3 Å². The zero-order valence-corrected chi connectivity index (χ0v) is 19.7. The number of fused-ring (bicyclic) bond motifs is 1. The number of halogens is 7. The van der Waals surface area contributed by atoms with Gasteiger partial charge in [-0.3, -0.25) is 0 Å². The van der Waals surface area contributed by atoms with Gasteiger partial charge in [-0.25, -0.2) is 19.2 Å². The predicted octanol–water partition coefficient (Wildman–Crippen LogP) is 6.36. The molecule has 2 aliphatic heterocycles. The highest BCUT2D eigenvalue weighted by Gasteiger charge is 2.38. The van der Waals surface area contributed by atoms with Crippen molar-refractivity contribution in [3.8, 4) is 34.0 Å². The summed E-state index contributed by atoms with van der Waals surface area (Å²) in [6.07, 6.45) is -7.44. The predicted molar refractivity (Wildman–Crippen MR) is 125 cm³/mol. The molecule has 3 heterocycles. The van der Waals surface area contributed by atoms with Gasteiger partial charge in [0.1, 0.15) is 11.5 Å². The molecule has 0 spiro atoms. The second-order valence-electron chi connectivity index (χ2n) is 8.53. The highest BCUT2D eigenvalue weighted by Crippen LogP contribution is 2.40. The van der Waals surface area contributed by atoms with E-state index in [2.05, 4.69) is 20.2 Å². The monoisotopic (exact) mass is 561 g/mol. The van der Waals surface area contributed by atoms with Gasteiger partial charge in [0.2, 0.25) is 0 Å². The van der Waals surface area contributed by atoms with Crippen LogP contribution in [0.3, 0.4) is 0 Å². The Morgan fingerprint density at radius 3 is 2.15 bits per heavy atom. The Labute approximate surface area is 219 Å². The van der Waals surface area contributed by atoms with Crippen LogP contribution in [0.4, 0.5) is 30.7 Å². The first-order valence-corrected chi connectivity index (χ1v) is 11.3. The van der Waals surface area contributed by atoms with Gasteiger partial charge < -0.3 is 9.67 Å². The average molecular weight is 561 g/mol. The quantitative estimate of drug-likeness (QED) is 0.251. The fourth-order valence-electron chi connectivity index (χ4n) is 4.07. The third-order valence-corrected chi connectivity index (χ3v) is 5.93. The van der Waals surface area contributed by atoms with Crippen LogP contribution in [0.2, 0.25) is 0 Å². The van der Waals surface area contributed by atoms with Crippen LogP contribution >= 0.6 is 0 Å². The van der Waals surface area contributed by atoms with Crippen molar-refractivity contribution < 1.29 is 40.6 Å². The summed E-state index contributed by atoms with van der Waals surface area (Å²) in [5.41, 5.74) is -3.59. The maximum absolute atomic E-state index is 14.2. The minimum atomic E-state index is -5.13. The van der Waals surface area contributed by atoms with E-state index in [1.165, 1.54) is 41.2 Å². The summed E-state index contributed by atoms with van der Waals surface area (Å²) in [4.78, 5) is 20.7. The molecule has 0 saturated carbocycles. The van der Waals surface area contributed by atoms with Crippen LogP contribution in [0.5, 0.6) is 0 Å². The Morgan fingerprint density at radius 2 is 1.52 bits per heavy atom. The molecule has 0 fully saturated rings. The number of carboxylic acid groups (broad SMARTS) is 1. The maximum Gasteiger partial charge on any atom is 0.417 e. The van der Waals surface area contributed by atoms with Crippen LogP contribution in [0.15, 0.2) is 73.1 Å². The number of alkyl halides is 6. The van der Waals surface area contributed by atoms with Gasteiger partial charge in [-0.05, 0) is 42.5 Å². The number of aliphatic carboxylic acids is 1. The van der Waals surface area contributed by atoms with Crippen LogP contribution < -0.4 is 0 Å². The molecular weight excluding hydrogens is 547 g/mol. The maximum atomic E-state index is 14.2. The van der Waals surface area contributed by atoms with Gasteiger partial charge in [-0.1, -0.05) is 18.2 Å². The lowest BCUT2D eigenvalue weighted by atomic mass is 10.00. The van der Waals surface area contributed by atoms with E-state index in [1.807, 2.05) is 0 Å². The molecule has 2 aromatic carbocycles. The topological polar surface area (TPSA) is 93.8 Å². The number of hydrogen-bond acceptors (Lipinski definition) is 5. The van der Waals surface area contributed by atoms with E-state index < -0.39 is 52.6 Å². The molecule has 3 aromatic rings. The molecular formula is C26H14F7N5O2. The van der Waals surface area contributed by atoms with E-state index in [1.54, 1.807) is 6.07 Å². The molecule has 0 radical (unpaired) electrons. The number of carboxylic acids is 1. The highest BCUT2D eigenvalue weighted by atomic mass is 19.4. The average Bonchev–Trinajstić information content (AvgIpc) is 3.31. The van der Waals surface area contributed by atoms with Crippen molar-refractivity contribution in [3.63, 3.8) is 0 Å². The lowest BCUT2D eigenvalue weighted by Gasteiger charge is -2.17. The number of pyridine rings is 1. The molecule has 0 saturated heterocycles. The fourth-order valence-corrected chi connectivity index (χ4v) is 4.07. The minimum absolute atomic E-state index is 0.0213. The van der Waals surface area contributed by atoms with Crippen molar-refractivity contribution >= 4 is 5.97 Å². The molecule has 40 heavy (non-hydrogen) atoms. The molecule has 5 rings (SSSR count). The standard InChI is InChI=1S/C26H14F7N5O2/c27-17-4-2-1-3-15(17)23-34-19-9-10-38(12-21(19)35-23)22(24(39)40)20-8-7-18(36-37-20)14-6-5-13(25(28,29)30)11-16(14)26(31,32)33/h1-12,22H,(H,39,40). The Bertz CT molecular complexity index is 1680. The summed E-state index contributed by atoms with van der Waals surface area (Å²) in [7, 11) is 0. The molecule has 2 aliphatic rings. The summed E-state index contributed by atoms with van der Waals surface area (Å²) in [5, 5.41) is 17.3. The largest absolute Gasteiger partial charge is 0.479 e. The third kappa shape index (κ3) is 5.07. The Balaban J connectivity index is 1.51. The Hall–Kier alpha value is -4.88. The first kappa shape index (κ1) is 26.7. The second-order valence-corrected chi connectivity index (χ2v) is 8.53. The van der Waals surface area contributed by atoms with Gasteiger partial charge in [0, 0.05) is 18.0 Å². The zero-order valence-electron chi connectivity index (χ0n) is 19.7. The summed E-state index contributed by atoms with van der Waals surface area (Å²) in [6, 6.07) is 9.01. The zero-order chi connectivity index (χ0) is 28.8. The normalized spacial score (nSPS) is 13.0. The number of aromatic nitrogens is 5. The summed E-state index contributed by atoms with van der Waals surface area (Å²) < 4.78 is 95.1.